The zero-order valence-corrected chi connectivity index (χ0v) is 11.3. The van der Waals surface area contributed by atoms with Crippen LogP contribution in [-0.4, -0.2) is 0 Å². The number of rotatable bonds is 4. The number of nitrogens with two attached hydrogens (primary N) is 1. The van der Waals surface area contributed by atoms with Crippen molar-refractivity contribution in [2.75, 3.05) is 0 Å². The first kappa shape index (κ1) is 13.8. The van der Waals surface area contributed by atoms with Gasteiger partial charge in [-0.2, -0.15) is 0 Å². The summed E-state index contributed by atoms with van der Waals surface area (Å²) in [6.45, 7) is 1.95. The molecule has 2 rings (SSSR count). The summed E-state index contributed by atoms with van der Waals surface area (Å²) in [5.74, 6) is 0.0562. The van der Waals surface area contributed by atoms with Crippen molar-refractivity contribution in [3.05, 3.63) is 58.9 Å². The van der Waals surface area contributed by atoms with Crippen LogP contribution in [-0.2, 0) is 0 Å². The molecular formula is C15H15ClFNO. The first-order valence-electron chi connectivity index (χ1n) is 6.09. The molecule has 0 aliphatic carbocycles. The number of ether oxygens (including phenoxy) is 1. The lowest BCUT2D eigenvalue weighted by molar-refractivity contribution is 0.441. The Hall–Kier alpha value is -1.58. The zero-order valence-electron chi connectivity index (χ0n) is 10.6. The zero-order chi connectivity index (χ0) is 13.8. The van der Waals surface area contributed by atoms with Crippen molar-refractivity contribution in [2.24, 2.45) is 5.73 Å². The molecule has 2 aromatic carbocycles. The van der Waals surface area contributed by atoms with E-state index in [-0.39, 0.29) is 16.8 Å². The van der Waals surface area contributed by atoms with Crippen molar-refractivity contribution in [3.8, 4) is 11.5 Å². The van der Waals surface area contributed by atoms with Crippen LogP contribution in [0.5, 0.6) is 11.5 Å². The van der Waals surface area contributed by atoms with Gasteiger partial charge in [0.1, 0.15) is 5.75 Å². The van der Waals surface area contributed by atoms with Gasteiger partial charge in [0.15, 0.2) is 11.6 Å². The smallest absolute Gasteiger partial charge is 0.181 e. The van der Waals surface area contributed by atoms with Gasteiger partial charge in [-0.25, -0.2) is 4.39 Å². The second-order valence-corrected chi connectivity index (χ2v) is 4.59. The molecule has 0 bridgehead atoms. The van der Waals surface area contributed by atoms with Crippen LogP contribution < -0.4 is 10.5 Å². The van der Waals surface area contributed by atoms with E-state index in [4.69, 9.17) is 22.1 Å². The van der Waals surface area contributed by atoms with E-state index in [0.717, 1.165) is 6.42 Å². The Kier molecular flexibility index (Phi) is 4.40. The van der Waals surface area contributed by atoms with Gasteiger partial charge in [0.05, 0.1) is 5.02 Å². The van der Waals surface area contributed by atoms with E-state index in [1.165, 1.54) is 6.07 Å². The molecule has 0 saturated heterocycles. The molecule has 0 saturated carbocycles. The first-order chi connectivity index (χ1) is 9.13. The Bertz CT molecular complexity index is 560. The average molecular weight is 280 g/mol. The van der Waals surface area contributed by atoms with Crippen LogP contribution in [0.2, 0.25) is 5.02 Å². The maximum absolute atomic E-state index is 13.8. The van der Waals surface area contributed by atoms with Gasteiger partial charge >= 0.3 is 0 Å². The summed E-state index contributed by atoms with van der Waals surface area (Å²) in [6, 6.07) is 11.6. The molecule has 0 aliphatic rings. The molecule has 100 valence electrons. The van der Waals surface area contributed by atoms with E-state index in [9.17, 15) is 4.39 Å². The molecule has 19 heavy (non-hydrogen) atoms. The van der Waals surface area contributed by atoms with E-state index >= 15 is 0 Å². The van der Waals surface area contributed by atoms with E-state index in [0.29, 0.717) is 11.3 Å². The van der Waals surface area contributed by atoms with Crippen molar-refractivity contribution in [2.45, 2.75) is 19.4 Å². The fourth-order valence-corrected chi connectivity index (χ4v) is 2.09. The highest BCUT2D eigenvalue weighted by Crippen LogP contribution is 2.37. The normalized spacial score (nSPS) is 12.2. The molecule has 0 unspecified atom stereocenters. The van der Waals surface area contributed by atoms with Gasteiger partial charge in [0.25, 0.3) is 0 Å². The molecule has 4 heteroatoms. The Labute approximate surface area is 117 Å². The van der Waals surface area contributed by atoms with Crippen LogP contribution in [0.15, 0.2) is 42.5 Å². The molecule has 1 atom stereocenters. The molecule has 0 heterocycles. The maximum Gasteiger partial charge on any atom is 0.181 e. The fourth-order valence-electron chi connectivity index (χ4n) is 1.75. The topological polar surface area (TPSA) is 35.2 Å². The second kappa shape index (κ2) is 6.04. The first-order valence-corrected chi connectivity index (χ1v) is 6.47. The Morgan fingerprint density at radius 2 is 1.89 bits per heavy atom. The van der Waals surface area contributed by atoms with Gasteiger partial charge in [-0.3, -0.25) is 0 Å². The lowest BCUT2D eigenvalue weighted by Crippen LogP contribution is -2.10. The standard InChI is InChI=1S/C15H15ClFNO/c1-2-13(18)11-8-9-12(17)15(14(11)16)19-10-6-4-3-5-7-10/h3-9,13H,2,18H2,1H3/t13-/m1/s1. The molecule has 2 nitrogen and oxygen atoms in total. The van der Waals surface area contributed by atoms with Crippen LogP contribution in [0, 0.1) is 5.82 Å². The van der Waals surface area contributed by atoms with Crippen molar-refractivity contribution < 1.29 is 9.13 Å². The molecule has 0 amide bonds. The molecule has 0 fully saturated rings. The molecule has 0 radical (unpaired) electrons. The van der Waals surface area contributed by atoms with Gasteiger partial charge in [-0.15, -0.1) is 0 Å². The third-order valence-electron chi connectivity index (χ3n) is 2.88. The second-order valence-electron chi connectivity index (χ2n) is 4.21. The predicted octanol–water partition coefficient (Wildman–Crippen LogP) is 4.68. The van der Waals surface area contributed by atoms with Gasteiger partial charge < -0.3 is 10.5 Å². The summed E-state index contributed by atoms with van der Waals surface area (Å²) >= 11 is 6.19. The van der Waals surface area contributed by atoms with Gasteiger partial charge in [0.2, 0.25) is 0 Å². The molecule has 0 spiro atoms. The van der Waals surface area contributed by atoms with E-state index in [1.54, 1.807) is 18.2 Å². The third-order valence-corrected chi connectivity index (χ3v) is 3.27. The van der Waals surface area contributed by atoms with Gasteiger partial charge in [0, 0.05) is 6.04 Å². The minimum absolute atomic E-state index is 0.0225. The van der Waals surface area contributed by atoms with Crippen LogP contribution >= 0.6 is 11.6 Å². The van der Waals surface area contributed by atoms with Crippen LogP contribution in [0.25, 0.3) is 0 Å². The molecular weight excluding hydrogens is 265 g/mol. The van der Waals surface area contributed by atoms with Crippen LogP contribution in [0.3, 0.4) is 0 Å². The van der Waals surface area contributed by atoms with Gasteiger partial charge in [-0.1, -0.05) is 42.8 Å². The molecule has 0 aromatic heterocycles. The van der Waals surface area contributed by atoms with Crippen molar-refractivity contribution in [1.29, 1.82) is 0 Å². The minimum atomic E-state index is -0.499. The summed E-state index contributed by atoms with van der Waals surface area (Å²) < 4.78 is 19.3. The minimum Gasteiger partial charge on any atom is -0.453 e. The van der Waals surface area contributed by atoms with E-state index < -0.39 is 5.82 Å². The number of hydrogen-bond donors (Lipinski definition) is 1. The predicted molar refractivity (Wildman–Crippen MR) is 75.1 cm³/mol. The van der Waals surface area contributed by atoms with Crippen molar-refractivity contribution in [3.63, 3.8) is 0 Å². The summed E-state index contributed by atoms with van der Waals surface area (Å²) in [7, 11) is 0. The number of halogens is 2. The average Bonchev–Trinajstić information content (AvgIpc) is 2.44. The Balaban J connectivity index is 2.39. The number of benzene rings is 2. The van der Waals surface area contributed by atoms with Crippen molar-refractivity contribution >= 4 is 11.6 Å². The van der Waals surface area contributed by atoms with Crippen LogP contribution in [0.1, 0.15) is 24.9 Å². The Morgan fingerprint density at radius 3 is 2.53 bits per heavy atom. The monoisotopic (exact) mass is 279 g/mol. The maximum atomic E-state index is 13.8. The number of hydrogen-bond acceptors (Lipinski definition) is 2. The van der Waals surface area contributed by atoms with Gasteiger partial charge in [-0.05, 0) is 30.2 Å². The van der Waals surface area contributed by atoms with E-state index in [2.05, 4.69) is 0 Å². The number of para-hydroxylation sites is 1. The van der Waals surface area contributed by atoms with E-state index in [1.807, 2.05) is 25.1 Å². The summed E-state index contributed by atoms with van der Waals surface area (Å²) in [5, 5.41) is 0.234. The Morgan fingerprint density at radius 1 is 1.21 bits per heavy atom. The molecule has 0 aliphatic heterocycles. The highest BCUT2D eigenvalue weighted by Gasteiger charge is 2.17. The fraction of sp³-hybridized carbons (Fsp3) is 0.200. The third kappa shape index (κ3) is 3.06. The molecule has 2 N–H and O–H groups in total. The lowest BCUT2D eigenvalue weighted by atomic mass is 10.0. The largest absolute Gasteiger partial charge is 0.453 e. The lowest BCUT2D eigenvalue weighted by Gasteiger charge is -2.15. The van der Waals surface area contributed by atoms with Crippen molar-refractivity contribution in [1.82, 2.24) is 0 Å². The summed E-state index contributed by atoms with van der Waals surface area (Å²) in [5.41, 5.74) is 6.64. The highest BCUT2D eigenvalue weighted by molar-refractivity contribution is 6.33. The summed E-state index contributed by atoms with van der Waals surface area (Å²) in [6.07, 6.45) is 0.718. The summed E-state index contributed by atoms with van der Waals surface area (Å²) in [4.78, 5) is 0. The quantitative estimate of drug-likeness (QED) is 0.882. The SMILES string of the molecule is CC[C@@H](N)c1ccc(F)c(Oc2ccccc2)c1Cl. The highest BCUT2D eigenvalue weighted by atomic mass is 35.5. The van der Waals surface area contributed by atoms with Crippen LogP contribution in [0.4, 0.5) is 4.39 Å². The molecule has 2 aromatic rings.